The molecule has 0 aliphatic carbocycles. The van der Waals surface area contributed by atoms with E-state index in [4.69, 9.17) is 9.47 Å². The average Bonchev–Trinajstić information content (AvgIpc) is 3.27. The maximum Gasteiger partial charge on any atom is 0.244 e. The third-order valence-corrected chi connectivity index (χ3v) is 5.67. The van der Waals surface area contributed by atoms with Crippen LogP contribution in [0.3, 0.4) is 0 Å². The van der Waals surface area contributed by atoms with Gasteiger partial charge < -0.3 is 19.7 Å². The molecule has 1 aromatic carbocycles. The average molecular weight is 494 g/mol. The molecule has 3 aromatic rings. The number of nitrogens with one attached hydrogen (secondary N) is 1. The van der Waals surface area contributed by atoms with E-state index in [1.54, 1.807) is 24.3 Å². The summed E-state index contributed by atoms with van der Waals surface area (Å²) in [4.78, 5) is 30.8. The molecule has 3 rings (SSSR count). The summed E-state index contributed by atoms with van der Waals surface area (Å²) in [5.74, 6) is 1.50. The van der Waals surface area contributed by atoms with E-state index in [-0.39, 0.29) is 31.4 Å². The molecule has 0 unspecified atom stereocenters. The number of pyridine rings is 1. The number of aryl methyl sites for hydroxylation is 2. The summed E-state index contributed by atoms with van der Waals surface area (Å²) in [5, 5.41) is 6.98. The van der Waals surface area contributed by atoms with Crippen LogP contribution in [0, 0.1) is 13.8 Å². The number of likely N-dealkylation sites (N-methyl/N-ethyl adjacent to an activating group) is 1. The summed E-state index contributed by atoms with van der Waals surface area (Å²) < 4.78 is 13.1. The summed E-state index contributed by atoms with van der Waals surface area (Å²) >= 11 is 0. The summed E-state index contributed by atoms with van der Waals surface area (Å²) in [6.07, 6.45) is 5.10. The third-order valence-electron chi connectivity index (χ3n) is 5.67. The molecule has 0 saturated heterocycles. The van der Waals surface area contributed by atoms with Gasteiger partial charge in [-0.3, -0.25) is 19.3 Å². The van der Waals surface area contributed by atoms with E-state index in [1.807, 2.05) is 44.2 Å². The van der Waals surface area contributed by atoms with Gasteiger partial charge in [0.2, 0.25) is 11.8 Å². The van der Waals surface area contributed by atoms with Gasteiger partial charge in [-0.1, -0.05) is 31.5 Å². The fraction of sp³-hybridized carbons (Fsp3) is 0.407. The minimum absolute atomic E-state index is 0.0677. The van der Waals surface area contributed by atoms with Gasteiger partial charge in [-0.15, -0.1) is 0 Å². The van der Waals surface area contributed by atoms with Gasteiger partial charge in [0.25, 0.3) is 0 Å². The fourth-order valence-electron chi connectivity index (χ4n) is 3.52. The van der Waals surface area contributed by atoms with Gasteiger partial charge in [0, 0.05) is 25.0 Å². The van der Waals surface area contributed by atoms with Gasteiger partial charge in [-0.25, -0.2) is 0 Å². The smallest absolute Gasteiger partial charge is 0.244 e. The lowest BCUT2D eigenvalue weighted by Crippen LogP contribution is -2.33. The Bertz CT molecular complexity index is 1160. The van der Waals surface area contributed by atoms with E-state index in [0.29, 0.717) is 24.8 Å². The van der Waals surface area contributed by atoms with Crippen molar-refractivity contribution < 1.29 is 19.1 Å². The van der Waals surface area contributed by atoms with Crippen molar-refractivity contribution in [2.75, 3.05) is 32.1 Å². The molecule has 2 heterocycles. The zero-order chi connectivity index (χ0) is 26.1. The Labute approximate surface area is 212 Å². The molecule has 9 nitrogen and oxygen atoms in total. The largest absolute Gasteiger partial charge is 0.492 e. The van der Waals surface area contributed by atoms with Crippen LogP contribution in [-0.4, -0.2) is 58.3 Å². The van der Waals surface area contributed by atoms with Crippen LogP contribution in [0.2, 0.25) is 0 Å². The van der Waals surface area contributed by atoms with Crippen LogP contribution >= 0.6 is 0 Å². The highest BCUT2D eigenvalue weighted by Gasteiger charge is 2.14. The Morgan fingerprint density at radius 1 is 1.08 bits per heavy atom. The quantitative estimate of drug-likeness (QED) is 0.410. The SMILES string of the molecule is Cc1ccc(OCCN(C)C(=O)Cn2cc(NC(=O)CCOc3c(C(C)C)ccnc3C)cn2)cc1. The van der Waals surface area contributed by atoms with E-state index in [0.717, 1.165) is 28.3 Å². The van der Waals surface area contributed by atoms with Crippen LogP contribution in [0.4, 0.5) is 5.69 Å². The highest BCUT2D eigenvalue weighted by molar-refractivity contribution is 5.90. The molecule has 2 amide bonds. The predicted octanol–water partition coefficient (Wildman–Crippen LogP) is 3.96. The number of amides is 2. The lowest BCUT2D eigenvalue weighted by atomic mass is 10.0. The molecular formula is C27H35N5O4. The van der Waals surface area contributed by atoms with E-state index in [9.17, 15) is 9.59 Å². The van der Waals surface area contributed by atoms with Crippen molar-refractivity contribution in [1.82, 2.24) is 19.7 Å². The zero-order valence-corrected chi connectivity index (χ0v) is 21.7. The molecule has 192 valence electrons. The number of carbonyl (C=O) groups excluding carboxylic acids is 2. The molecule has 0 aliphatic heterocycles. The molecule has 0 saturated carbocycles. The molecule has 0 bridgehead atoms. The Kier molecular flexibility index (Phi) is 9.44. The second-order valence-electron chi connectivity index (χ2n) is 9.02. The Balaban J connectivity index is 1.40. The van der Waals surface area contributed by atoms with Gasteiger partial charge in [-0.05, 0) is 38.0 Å². The minimum Gasteiger partial charge on any atom is -0.492 e. The second-order valence-corrected chi connectivity index (χ2v) is 9.02. The predicted molar refractivity (Wildman–Crippen MR) is 138 cm³/mol. The van der Waals surface area contributed by atoms with E-state index < -0.39 is 0 Å². The topological polar surface area (TPSA) is 98.6 Å². The maximum atomic E-state index is 12.5. The van der Waals surface area contributed by atoms with Crippen molar-refractivity contribution in [2.24, 2.45) is 0 Å². The first kappa shape index (κ1) is 26.7. The number of carbonyl (C=O) groups is 2. The van der Waals surface area contributed by atoms with Crippen LogP contribution in [0.25, 0.3) is 0 Å². The molecule has 9 heteroatoms. The molecule has 0 radical (unpaired) electrons. The molecule has 0 atom stereocenters. The van der Waals surface area contributed by atoms with Crippen molar-refractivity contribution in [3.05, 3.63) is 65.7 Å². The molecule has 36 heavy (non-hydrogen) atoms. The first-order valence-corrected chi connectivity index (χ1v) is 12.1. The third kappa shape index (κ3) is 7.83. The van der Waals surface area contributed by atoms with Gasteiger partial charge in [-0.2, -0.15) is 5.10 Å². The summed E-state index contributed by atoms with van der Waals surface area (Å²) in [5.41, 5.74) is 3.57. The van der Waals surface area contributed by atoms with Gasteiger partial charge in [0.15, 0.2) is 0 Å². The highest BCUT2D eigenvalue weighted by Crippen LogP contribution is 2.28. The molecule has 1 N–H and O–H groups in total. The van der Waals surface area contributed by atoms with E-state index in [2.05, 4.69) is 29.2 Å². The molecular weight excluding hydrogens is 458 g/mol. The Morgan fingerprint density at radius 3 is 2.56 bits per heavy atom. The van der Waals surface area contributed by atoms with Crippen LogP contribution in [0.15, 0.2) is 48.9 Å². The number of aromatic nitrogens is 3. The number of benzene rings is 1. The molecule has 0 aliphatic rings. The van der Waals surface area contributed by atoms with Crippen molar-refractivity contribution in [3.63, 3.8) is 0 Å². The molecule has 2 aromatic heterocycles. The number of rotatable bonds is 12. The highest BCUT2D eigenvalue weighted by atomic mass is 16.5. The van der Waals surface area contributed by atoms with Crippen LogP contribution in [0.5, 0.6) is 11.5 Å². The van der Waals surface area contributed by atoms with Crippen LogP contribution < -0.4 is 14.8 Å². The number of anilines is 1. The second kappa shape index (κ2) is 12.7. The fourth-order valence-corrected chi connectivity index (χ4v) is 3.52. The Morgan fingerprint density at radius 2 is 1.83 bits per heavy atom. The number of hydrogen-bond donors (Lipinski definition) is 1. The monoisotopic (exact) mass is 493 g/mol. The molecule has 0 spiro atoms. The van der Waals surface area contributed by atoms with Gasteiger partial charge >= 0.3 is 0 Å². The first-order chi connectivity index (χ1) is 17.2. The number of hydrogen-bond acceptors (Lipinski definition) is 6. The lowest BCUT2D eigenvalue weighted by molar-refractivity contribution is -0.131. The maximum absolute atomic E-state index is 12.5. The summed E-state index contributed by atoms with van der Waals surface area (Å²) in [7, 11) is 1.72. The lowest BCUT2D eigenvalue weighted by Gasteiger charge is -2.17. The normalized spacial score (nSPS) is 10.8. The van der Waals surface area contributed by atoms with E-state index in [1.165, 1.54) is 10.9 Å². The van der Waals surface area contributed by atoms with Crippen molar-refractivity contribution in [1.29, 1.82) is 0 Å². The van der Waals surface area contributed by atoms with Crippen molar-refractivity contribution in [3.8, 4) is 11.5 Å². The number of nitrogens with zero attached hydrogens (tertiary/aromatic N) is 4. The van der Waals surface area contributed by atoms with E-state index >= 15 is 0 Å². The van der Waals surface area contributed by atoms with Crippen molar-refractivity contribution >= 4 is 17.5 Å². The summed E-state index contributed by atoms with van der Waals surface area (Å²) in [6.45, 7) is 9.24. The van der Waals surface area contributed by atoms with Gasteiger partial charge in [0.05, 0.1) is 37.2 Å². The van der Waals surface area contributed by atoms with Crippen LogP contribution in [-0.2, 0) is 16.1 Å². The first-order valence-electron chi connectivity index (χ1n) is 12.1. The Hall–Kier alpha value is -3.88. The molecule has 0 fully saturated rings. The van der Waals surface area contributed by atoms with Gasteiger partial charge in [0.1, 0.15) is 24.7 Å². The zero-order valence-electron chi connectivity index (χ0n) is 21.7. The number of ether oxygens (including phenoxy) is 2. The summed E-state index contributed by atoms with van der Waals surface area (Å²) in [6, 6.07) is 9.72. The van der Waals surface area contributed by atoms with Crippen molar-refractivity contribution in [2.45, 2.75) is 46.6 Å². The minimum atomic E-state index is -0.195. The standard InChI is InChI=1S/C27H35N5O4/c1-19(2)24-10-12-28-21(4)27(24)36-14-11-25(33)30-22-16-29-32(17-22)18-26(34)31(5)13-15-35-23-8-6-20(3)7-9-23/h6-10,12,16-17,19H,11,13-15,18H2,1-5H3,(H,30,33). The van der Waals surface area contributed by atoms with Crippen LogP contribution in [0.1, 0.15) is 43.0 Å².